The lowest BCUT2D eigenvalue weighted by Crippen LogP contribution is -1.96. The predicted molar refractivity (Wildman–Crippen MR) is 229 cm³/mol. The molecule has 256 valence electrons. The Morgan fingerprint density at radius 1 is 0.400 bits per heavy atom. The number of furan rings is 1. The molecule has 0 unspecified atom stereocenters. The number of rotatable bonds is 4. The molecule has 0 fully saturated rings. The van der Waals surface area contributed by atoms with Crippen LogP contribution in [0, 0.1) is 0 Å². The van der Waals surface area contributed by atoms with Crippen LogP contribution in [0.25, 0.3) is 110 Å². The van der Waals surface area contributed by atoms with E-state index in [0.29, 0.717) is 0 Å². The average Bonchev–Trinajstić information content (AvgIpc) is 3.94. The SMILES string of the molecule is c1ccc(-n2ccc3cc4c(-c5cccnc5)c(-c5ccc6oc7ccccc7c6c5)c5cc6c7ccccc7n(-c7ccccc7)c6cc5c4cc32)cc1. The molecular weight excluding hydrogens is 671 g/mol. The lowest BCUT2D eigenvalue weighted by atomic mass is 9.84. The van der Waals surface area contributed by atoms with Crippen molar-refractivity contribution in [2.75, 3.05) is 0 Å². The molecule has 4 nitrogen and oxygen atoms in total. The molecule has 0 spiro atoms. The maximum absolute atomic E-state index is 6.34. The Bertz CT molecular complexity index is 3460. The first-order chi connectivity index (χ1) is 27.3. The Kier molecular flexibility index (Phi) is 6.31. The molecule has 0 bridgehead atoms. The molecular formula is C51H31N3O. The van der Waals surface area contributed by atoms with E-state index in [-0.39, 0.29) is 0 Å². The quantitative estimate of drug-likeness (QED) is 0.171. The molecule has 0 aliphatic heterocycles. The summed E-state index contributed by atoms with van der Waals surface area (Å²) in [4.78, 5) is 4.68. The van der Waals surface area contributed by atoms with E-state index in [1.807, 2.05) is 30.6 Å². The highest BCUT2D eigenvalue weighted by molar-refractivity contribution is 6.28. The molecule has 0 saturated heterocycles. The number of pyridine rings is 1. The van der Waals surface area contributed by atoms with Crippen molar-refractivity contribution in [2.45, 2.75) is 0 Å². The Hall–Kier alpha value is -7.43. The fourth-order valence-corrected chi connectivity index (χ4v) is 8.99. The van der Waals surface area contributed by atoms with Crippen LogP contribution in [0.3, 0.4) is 0 Å². The van der Waals surface area contributed by atoms with Gasteiger partial charge in [0.2, 0.25) is 0 Å². The van der Waals surface area contributed by atoms with E-state index in [1.54, 1.807) is 0 Å². The van der Waals surface area contributed by atoms with Gasteiger partial charge in [0.1, 0.15) is 11.2 Å². The highest BCUT2D eigenvalue weighted by Crippen LogP contribution is 2.49. The third-order valence-electron chi connectivity index (χ3n) is 11.4. The summed E-state index contributed by atoms with van der Waals surface area (Å²) in [5.74, 6) is 0. The van der Waals surface area contributed by atoms with Crippen molar-refractivity contribution in [3.63, 3.8) is 0 Å². The number of aromatic nitrogens is 3. The highest BCUT2D eigenvalue weighted by atomic mass is 16.3. The Morgan fingerprint density at radius 2 is 1.09 bits per heavy atom. The second-order valence-corrected chi connectivity index (χ2v) is 14.4. The van der Waals surface area contributed by atoms with Gasteiger partial charge in [-0.1, -0.05) is 84.9 Å². The molecule has 0 aliphatic rings. The fourth-order valence-electron chi connectivity index (χ4n) is 8.99. The first-order valence-corrected chi connectivity index (χ1v) is 18.7. The molecule has 12 aromatic rings. The summed E-state index contributed by atoms with van der Waals surface area (Å²) in [6.45, 7) is 0. The van der Waals surface area contributed by atoms with Crippen molar-refractivity contribution in [2.24, 2.45) is 0 Å². The van der Waals surface area contributed by atoms with E-state index in [9.17, 15) is 0 Å². The van der Waals surface area contributed by atoms with Crippen LogP contribution in [0.4, 0.5) is 0 Å². The summed E-state index contributed by atoms with van der Waals surface area (Å²) in [6, 6.07) is 61.3. The smallest absolute Gasteiger partial charge is 0.135 e. The second-order valence-electron chi connectivity index (χ2n) is 14.4. The van der Waals surface area contributed by atoms with Crippen LogP contribution in [0.5, 0.6) is 0 Å². The van der Waals surface area contributed by atoms with Gasteiger partial charge in [-0.3, -0.25) is 4.98 Å². The van der Waals surface area contributed by atoms with E-state index >= 15 is 0 Å². The molecule has 4 aromatic heterocycles. The van der Waals surface area contributed by atoms with Gasteiger partial charge in [0.05, 0.1) is 16.6 Å². The standard InChI is InChI=1S/C51H31N3O/c1-3-13-35(14-4-1)53-25-23-32-26-43-39(29-46(32)53)40-30-47-41(37-17-7-9-19-45(37)54(47)36-15-5-2-6-16-36)28-44(40)50(51(43)34-12-11-24-52-31-34)33-21-22-49-42(27-33)38-18-8-10-20-48(38)55-49/h1-31H. The zero-order chi connectivity index (χ0) is 36.0. The van der Waals surface area contributed by atoms with Crippen molar-refractivity contribution in [1.82, 2.24) is 14.1 Å². The summed E-state index contributed by atoms with van der Waals surface area (Å²) in [5.41, 5.74) is 12.2. The van der Waals surface area contributed by atoms with Crippen LogP contribution >= 0.6 is 0 Å². The summed E-state index contributed by atoms with van der Waals surface area (Å²) in [6.07, 6.45) is 6.06. The van der Waals surface area contributed by atoms with Crippen LogP contribution in [0.1, 0.15) is 0 Å². The number of hydrogen-bond donors (Lipinski definition) is 0. The van der Waals surface area contributed by atoms with Crippen LogP contribution in [-0.4, -0.2) is 14.1 Å². The first kappa shape index (κ1) is 30.1. The molecule has 0 saturated carbocycles. The second kappa shape index (κ2) is 11.5. The number of hydrogen-bond acceptors (Lipinski definition) is 2. The van der Waals surface area contributed by atoms with Gasteiger partial charge in [0.15, 0.2) is 0 Å². The van der Waals surface area contributed by atoms with Crippen molar-refractivity contribution >= 4 is 76.2 Å². The van der Waals surface area contributed by atoms with Gasteiger partial charge in [-0.2, -0.15) is 0 Å². The van der Waals surface area contributed by atoms with E-state index in [4.69, 9.17) is 4.42 Å². The van der Waals surface area contributed by atoms with Gasteiger partial charge in [0, 0.05) is 62.5 Å². The van der Waals surface area contributed by atoms with Crippen LogP contribution in [0.15, 0.2) is 193 Å². The minimum Gasteiger partial charge on any atom is -0.456 e. The third kappa shape index (κ3) is 4.43. The zero-order valence-corrected chi connectivity index (χ0v) is 29.6. The van der Waals surface area contributed by atoms with Crippen LogP contribution < -0.4 is 0 Å². The molecule has 55 heavy (non-hydrogen) atoms. The first-order valence-electron chi connectivity index (χ1n) is 18.7. The van der Waals surface area contributed by atoms with Crippen LogP contribution in [0.2, 0.25) is 0 Å². The van der Waals surface area contributed by atoms with Gasteiger partial charge < -0.3 is 13.6 Å². The summed E-state index contributed by atoms with van der Waals surface area (Å²) >= 11 is 0. The van der Waals surface area contributed by atoms with Gasteiger partial charge in [-0.15, -0.1) is 0 Å². The maximum Gasteiger partial charge on any atom is 0.135 e. The van der Waals surface area contributed by atoms with Gasteiger partial charge in [-0.25, -0.2) is 0 Å². The zero-order valence-electron chi connectivity index (χ0n) is 29.6. The van der Waals surface area contributed by atoms with Crippen molar-refractivity contribution < 1.29 is 4.42 Å². The fraction of sp³-hybridized carbons (Fsp3) is 0. The van der Waals surface area contributed by atoms with Crippen molar-refractivity contribution in [3.05, 3.63) is 188 Å². The van der Waals surface area contributed by atoms with E-state index in [1.165, 1.54) is 65.4 Å². The minimum atomic E-state index is 0.884. The number of para-hydroxylation sites is 4. The summed E-state index contributed by atoms with van der Waals surface area (Å²) in [5, 5.41) is 10.6. The molecule has 8 aromatic carbocycles. The molecule has 0 radical (unpaired) electrons. The van der Waals surface area contributed by atoms with Gasteiger partial charge in [-0.05, 0) is 123 Å². The molecule has 4 heterocycles. The lowest BCUT2D eigenvalue weighted by molar-refractivity contribution is 0.669. The Morgan fingerprint density at radius 3 is 1.91 bits per heavy atom. The molecule has 0 N–H and O–H groups in total. The van der Waals surface area contributed by atoms with Crippen molar-refractivity contribution in [3.8, 4) is 33.6 Å². The maximum atomic E-state index is 6.34. The summed E-state index contributed by atoms with van der Waals surface area (Å²) < 4.78 is 11.1. The molecule has 0 atom stereocenters. The van der Waals surface area contributed by atoms with Crippen LogP contribution in [-0.2, 0) is 0 Å². The molecule has 4 heteroatoms. The Balaban J connectivity index is 1.30. The van der Waals surface area contributed by atoms with E-state index in [0.717, 1.165) is 44.4 Å². The third-order valence-corrected chi connectivity index (χ3v) is 11.4. The highest BCUT2D eigenvalue weighted by Gasteiger charge is 2.23. The number of benzene rings is 8. The van der Waals surface area contributed by atoms with E-state index < -0.39 is 0 Å². The van der Waals surface area contributed by atoms with E-state index in [2.05, 4.69) is 172 Å². The largest absolute Gasteiger partial charge is 0.456 e. The lowest BCUT2D eigenvalue weighted by Gasteiger charge is -2.20. The number of nitrogens with zero attached hydrogens (tertiary/aromatic N) is 3. The minimum absolute atomic E-state index is 0.884. The predicted octanol–water partition coefficient (Wildman–Crippen LogP) is 13.7. The van der Waals surface area contributed by atoms with Gasteiger partial charge in [0.25, 0.3) is 0 Å². The monoisotopic (exact) mass is 701 g/mol. The molecule has 12 rings (SSSR count). The topological polar surface area (TPSA) is 35.9 Å². The normalized spacial score (nSPS) is 12.0. The number of fused-ring (bicyclic) bond motifs is 10. The summed E-state index contributed by atoms with van der Waals surface area (Å²) in [7, 11) is 0. The van der Waals surface area contributed by atoms with Gasteiger partial charge >= 0.3 is 0 Å². The Labute approximate surface area is 315 Å². The molecule has 0 amide bonds. The molecule has 0 aliphatic carbocycles. The average molecular weight is 702 g/mol. The van der Waals surface area contributed by atoms with Crippen molar-refractivity contribution in [1.29, 1.82) is 0 Å².